The predicted molar refractivity (Wildman–Crippen MR) is 51.4 cm³/mol. The zero-order valence-corrected chi connectivity index (χ0v) is 7.47. The van der Waals surface area contributed by atoms with Gasteiger partial charge in [0.15, 0.2) is 5.56 Å². The topological polar surface area (TPSA) is 99.4 Å². The van der Waals surface area contributed by atoms with E-state index in [1.54, 1.807) is 18.2 Å². The molecule has 6 nitrogen and oxygen atoms in total. The first-order valence-corrected chi connectivity index (χ1v) is 4.07. The summed E-state index contributed by atoms with van der Waals surface area (Å²) in [6, 6.07) is 6.38. The van der Waals surface area contributed by atoms with Crippen LogP contribution in [0.3, 0.4) is 0 Å². The zero-order chi connectivity index (χ0) is 11.0. The Kier molecular flexibility index (Phi) is 1.89. The molecule has 0 saturated carbocycles. The molecule has 0 spiro atoms. The van der Waals surface area contributed by atoms with E-state index in [-0.39, 0.29) is 11.1 Å². The Morgan fingerprint density at radius 3 is 2.67 bits per heavy atom. The molecule has 1 aromatic heterocycles. The third-order valence-electron chi connectivity index (χ3n) is 1.99. The number of rotatable bonds is 2. The van der Waals surface area contributed by atoms with Crippen molar-refractivity contribution in [1.29, 1.82) is 0 Å². The molecule has 0 saturated heterocycles. The Morgan fingerprint density at radius 1 is 1.40 bits per heavy atom. The minimum absolute atomic E-state index is 0.185. The zero-order valence-electron chi connectivity index (χ0n) is 7.47. The van der Waals surface area contributed by atoms with Crippen LogP contribution in [0.4, 0.5) is 5.88 Å². The number of carbonyl (C=O) groups excluding carboxylic acids is 1. The Balaban J connectivity index is 2.86. The molecule has 0 atom stereocenters. The highest BCUT2D eigenvalue weighted by Crippen LogP contribution is 2.30. The van der Waals surface area contributed by atoms with Gasteiger partial charge in [-0.3, -0.25) is 14.9 Å². The van der Waals surface area contributed by atoms with Crippen molar-refractivity contribution in [1.82, 2.24) is 0 Å². The second-order valence-corrected chi connectivity index (χ2v) is 2.90. The molecular formula is C9H6N2O4. The van der Waals surface area contributed by atoms with Crippen LogP contribution in [0.1, 0.15) is 10.4 Å². The third-order valence-corrected chi connectivity index (χ3v) is 1.99. The van der Waals surface area contributed by atoms with Gasteiger partial charge in [0.25, 0.3) is 5.91 Å². The number of primary amides is 1. The maximum Gasteiger partial charge on any atom is 0.447 e. The number of hydrogen-bond acceptors (Lipinski definition) is 4. The molecule has 0 unspecified atom stereocenters. The van der Waals surface area contributed by atoms with Gasteiger partial charge in [0, 0.05) is 5.39 Å². The van der Waals surface area contributed by atoms with Crippen LogP contribution < -0.4 is 5.73 Å². The monoisotopic (exact) mass is 206 g/mol. The maximum absolute atomic E-state index is 11.1. The molecular weight excluding hydrogens is 200 g/mol. The van der Waals surface area contributed by atoms with Gasteiger partial charge in [-0.1, -0.05) is 18.2 Å². The fourth-order valence-electron chi connectivity index (χ4n) is 1.40. The van der Waals surface area contributed by atoms with E-state index < -0.39 is 16.7 Å². The molecule has 0 fully saturated rings. The summed E-state index contributed by atoms with van der Waals surface area (Å²) >= 11 is 0. The van der Waals surface area contributed by atoms with E-state index in [2.05, 4.69) is 0 Å². The van der Waals surface area contributed by atoms with Crippen molar-refractivity contribution < 1.29 is 14.1 Å². The average Bonchev–Trinajstić information content (AvgIpc) is 2.56. The summed E-state index contributed by atoms with van der Waals surface area (Å²) < 4.78 is 4.92. The van der Waals surface area contributed by atoms with Crippen LogP contribution >= 0.6 is 0 Å². The largest absolute Gasteiger partial charge is 0.447 e. The molecule has 2 aromatic rings. The van der Waals surface area contributed by atoms with Crippen LogP contribution in [0.5, 0.6) is 0 Å². The van der Waals surface area contributed by atoms with Crippen LogP contribution in [-0.4, -0.2) is 10.8 Å². The van der Waals surface area contributed by atoms with Crippen molar-refractivity contribution in [2.75, 3.05) is 0 Å². The van der Waals surface area contributed by atoms with E-state index in [1.165, 1.54) is 6.07 Å². The standard InChI is InChI=1S/C9H6N2O4/c10-8(12)7-5-3-1-2-4-6(5)15-9(7)11(13)14/h1-4H,(H2,10,12). The van der Waals surface area contributed by atoms with Gasteiger partial charge in [-0.15, -0.1) is 0 Å². The first-order chi connectivity index (χ1) is 7.11. The number of fused-ring (bicyclic) bond motifs is 1. The predicted octanol–water partition coefficient (Wildman–Crippen LogP) is 1.44. The Labute approximate surface area is 83.4 Å². The summed E-state index contributed by atoms with van der Waals surface area (Å²) in [4.78, 5) is 20.9. The summed E-state index contributed by atoms with van der Waals surface area (Å²) in [5.74, 6) is -1.48. The molecule has 0 bridgehead atoms. The molecule has 76 valence electrons. The van der Waals surface area contributed by atoms with Gasteiger partial charge in [0.1, 0.15) is 10.5 Å². The summed E-state index contributed by atoms with van der Waals surface area (Å²) in [6.45, 7) is 0. The highest BCUT2D eigenvalue weighted by molar-refractivity contribution is 6.08. The van der Waals surface area contributed by atoms with Crippen LogP contribution in [0.2, 0.25) is 0 Å². The van der Waals surface area contributed by atoms with Crippen molar-refractivity contribution >= 4 is 22.8 Å². The second-order valence-electron chi connectivity index (χ2n) is 2.90. The van der Waals surface area contributed by atoms with Gasteiger partial charge in [0.05, 0.1) is 0 Å². The lowest BCUT2D eigenvalue weighted by Crippen LogP contribution is -2.12. The number of nitro groups is 1. The van der Waals surface area contributed by atoms with E-state index >= 15 is 0 Å². The molecule has 0 aliphatic rings. The number of nitrogens with two attached hydrogens (primary N) is 1. The van der Waals surface area contributed by atoms with Crippen LogP contribution in [0.15, 0.2) is 28.7 Å². The molecule has 1 aromatic carbocycles. The lowest BCUT2D eigenvalue weighted by molar-refractivity contribution is -0.401. The molecule has 0 aliphatic carbocycles. The SMILES string of the molecule is NC(=O)c1c([N+](=O)[O-])oc2ccccc12. The van der Waals surface area contributed by atoms with E-state index in [0.717, 1.165) is 0 Å². The first-order valence-electron chi connectivity index (χ1n) is 4.07. The lowest BCUT2D eigenvalue weighted by Gasteiger charge is -1.89. The quantitative estimate of drug-likeness (QED) is 0.593. The number of para-hydroxylation sites is 1. The van der Waals surface area contributed by atoms with Crippen molar-refractivity contribution in [2.45, 2.75) is 0 Å². The van der Waals surface area contributed by atoms with Crippen LogP contribution in [0, 0.1) is 10.1 Å². The van der Waals surface area contributed by atoms with Crippen LogP contribution in [-0.2, 0) is 0 Å². The van der Waals surface area contributed by atoms with Crippen molar-refractivity contribution in [3.05, 3.63) is 39.9 Å². The number of carbonyl (C=O) groups is 1. The summed E-state index contributed by atoms with van der Waals surface area (Å²) in [5.41, 5.74) is 5.15. The number of amides is 1. The smallest absolute Gasteiger partial charge is 0.400 e. The van der Waals surface area contributed by atoms with Gasteiger partial charge >= 0.3 is 5.88 Å². The Morgan fingerprint density at radius 2 is 2.07 bits per heavy atom. The van der Waals surface area contributed by atoms with E-state index in [4.69, 9.17) is 10.2 Å². The molecule has 0 radical (unpaired) electrons. The lowest BCUT2D eigenvalue weighted by atomic mass is 10.1. The Hall–Kier alpha value is -2.37. The van der Waals surface area contributed by atoms with Gasteiger partial charge in [-0.25, -0.2) is 0 Å². The highest BCUT2D eigenvalue weighted by atomic mass is 16.6. The third kappa shape index (κ3) is 1.32. The van der Waals surface area contributed by atoms with Crippen molar-refractivity contribution in [3.63, 3.8) is 0 Å². The number of benzene rings is 1. The number of furan rings is 1. The minimum Gasteiger partial charge on any atom is -0.400 e. The minimum atomic E-state index is -0.869. The van der Waals surface area contributed by atoms with Gasteiger partial charge in [0.2, 0.25) is 0 Å². The molecule has 2 rings (SSSR count). The second kappa shape index (κ2) is 3.09. The van der Waals surface area contributed by atoms with E-state index in [0.29, 0.717) is 5.39 Å². The van der Waals surface area contributed by atoms with Gasteiger partial charge in [-0.2, -0.15) is 0 Å². The fraction of sp³-hybridized carbons (Fsp3) is 0. The van der Waals surface area contributed by atoms with E-state index in [9.17, 15) is 14.9 Å². The normalized spacial score (nSPS) is 10.4. The van der Waals surface area contributed by atoms with E-state index in [1.807, 2.05) is 0 Å². The van der Waals surface area contributed by atoms with Crippen LogP contribution in [0.25, 0.3) is 11.0 Å². The summed E-state index contributed by atoms with van der Waals surface area (Å²) in [5, 5.41) is 11.0. The Bertz CT molecular complexity index is 558. The van der Waals surface area contributed by atoms with Crippen molar-refractivity contribution in [2.24, 2.45) is 5.73 Å². The molecule has 15 heavy (non-hydrogen) atoms. The fourth-order valence-corrected chi connectivity index (χ4v) is 1.40. The van der Waals surface area contributed by atoms with Gasteiger partial charge in [-0.05, 0) is 6.07 Å². The molecule has 6 heteroatoms. The number of nitrogens with zero attached hydrogens (tertiary/aromatic N) is 1. The maximum atomic E-state index is 11.1. The van der Waals surface area contributed by atoms with Gasteiger partial charge < -0.3 is 10.2 Å². The average molecular weight is 206 g/mol. The molecule has 2 N–H and O–H groups in total. The number of hydrogen-bond donors (Lipinski definition) is 1. The molecule has 0 aliphatic heterocycles. The molecule has 1 amide bonds. The van der Waals surface area contributed by atoms with Crippen molar-refractivity contribution in [3.8, 4) is 0 Å². The summed E-state index contributed by atoms with van der Waals surface area (Å²) in [6.07, 6.45) is 0. The molecule has 1 heterocycles. The highest BCUT2D eigenvalue weighted by Gasteiger charge is 2.27. The summed E-state index contributed by atoms with van der Waals surface area (Å²) in [7, 11) is 0. The first kappa shape index (κ1) is 9.20.